The van der Waals surface area contributed by atoms with Gasteiger partial charge in [-0.1, -0.05) is 12.1 Å². The standard InChI is InChI=1S/C16H13NO3S2/c18-22(19,10-12-9-21-12)13-5-6-15-11(7-13)8-17-14-3-1-2-4-16(14)20-15/h1-8,12H,9-10H2. The van der Waals surface area contributed by atoms with Crippen LogP contribution >= 0.6 is 11.8 Å². The number of hydrogen-bond acceptors (Lipinski definition) is 5. The Balaban J connectivity index is 1.73. The highest BCUT2D eigenvalue weighted by Crippen LogP contribution is 2.37. The van der Waals surface area contributed by atoms with E-state index in [-0.39, 0.29) is 11.0 Å². The summed E-state index contributed by atoms with van der Waals surface area (Å²) in [6.07, 6.45) is 1.66. The zero-order chi connectivity index (χ0) is 15.2. The predicted octanol–water partition coefficient (Wildman–Crippen LogP) is 3.43. The van der Waals surface area contributed by atoms with Gasteiger partial charge in [-0.2, -0.15) is 11.8 Å². The van der Waals surface area contributed by atoms with Crippen molar-refractivity contribution >= 4 is 33.5 Å². The van der Waals surface area contributed by atoms with Gasteiger partial charge in [-0.15, -0.1) is 0 Å². The van der Waals surface area contributed by atoms with Crippen molar-refractivity contribution in [3.8, 4) is 11.5 Å². The van der Waals surface area contributed by atoms with Crippen LogP contribution in [0.3, 0.4) is 0 Å². The number of sulfone groups is 1. The van der Waals surface area contributed by atoms with E-state index in [1.165, 1.54) is 0 Å². The summed E-state index contributed by atoms with van der Waals surface area (Å²) >= 11 is 1.68. The molecule has 0 aromatic heterocycles. The number of benzene rings is 2. The number of fused-ring (bicyclic) bond motifs is 2. The van der Waals surface area contributed by atoms with E-state index in [0.717, 1.165) is 11.4 Å². The maximum absolute atomic E-state index is 12.4. The van der Waals surface area contributed by atoms with E-state index in [2.05, 4.69) is 4.99 Å². The lowest BCUT2D eigenvalue weighted by Gasteiger charge is -2.09. The van der Waals surface area contributed by atoms with Crippen LogP contribution in [0.2, 0.25) is 0 Å². The molecule has 0 aliphatic carbocycles. The molecule has 0 amide bonds. The van der Waals surface area contributed by atoms with Gasteiger partial charge in [-0.05, 0) is 30.3 Å². The smallest absolute Gasteiger partial charge is 0.179 e. The Morgan fingerprint density at radius 2 is 2.00 bits per heavy atom. The number of thioether (sulfide) groups is 1. The summed E-state index contributed by atoms with van der Waals surface area (Å²) in [5.41, 5.74) is 1.42. The molecule has 2 heterocycles. The molecule has 1 saturated heterocycles. The predicted molar refractivity (Wildman–Crippen MR) is 88.5 cm³/mol. The molecule has 0 N–H and O–H groups in total. The van der Waals surface area contributed by atoms with Crippen LogP contribution in [-0.4, -0.2) is 31.4 Å². The number of aliphatic imine (C=N–C) groups is 1. The first kappa shape index (κ1) is 13.8. The monoisotopic (exact) mass is 331 g/mol. The van der Waals surface area contributed by atoms with Gasteiger partial charge in [0.2, 0.25) is 0 Å². The molecule has 22 heavy (non-hydrogen) atoms. The van der Waals surface area contributed by atoms with Gasteiger partial charge in [0.25, 0.3) is 0 Å². The van der Waals surface area contributed by atoms with E-state index in [0.29, 0.717) is 22.0 Å². The fraction of sp³-hybridized carbons (Fsp3) is 0.188. The molecule has 0 radical (unpaired) electrons. The molecule has 0 saturated carbocycles. The molecular formula is C16H13NO3S2. The van der Waals surface area contributed by atoms with Crippen LogP contribution in [0.15, 0.2) is 52.4 Å². The van der Waals surface area contributed by atoms with Crippen molar-refractivity contribution in [1.29, 1.82) is 0 Å². The fourth-order valence-corrected chi connectivity index (χ4v) is 5.03. The van der Waals surface area contributed by atoms with Gasteiger partial charge in [0, 0.05) is 22.8 Å². The number of nitrogens with zero attached hydrogens (tertiary/aromatic N) is 1. The average Bonchev–Trinajstić information content (AvgIpc) is 3.31. The summed E-state index contributed by atoms with van der Waals surface area (Å²) < 4.78 is 30.6. The first-order valence-electron chi connectivity index (χ1n) is 6.91. The van der Waals surface area contributed by atoms with Gasteiger partial charge in [-0.25, -0.2) is 8.42 Å². The maximum Gasteiger partial charge on any atom is 0.179 e. The van der Waals surface area contributed by atoms with E-state index < -0.39 is 9.84 Å². The molecule has 2 aromatic carbocycles. The average molecular weight is 331 g/mol. The molecular weight excluding hydrogens is 318 g/mol. The highest BCUT2D eigenvalue weighted by molar-refractivity contribution is 8.08. The molecule has 4 nitrogen and oxygen atoms in total. The Morgan fingerprint density at radius 3 is 2.82 bits per heavy atom. The van der Waals surface area contributed by atoms with Crippen LogP contribution in [0.1, 0.15) is 5.56 Å². The zero-order valence-corrected chi connectivity index (χ0v) is 13.2. The molecule has 0 spiro atoms. The second kappa shape index (κ2) is 5.14. The summed E-state index contributed by atoms with van der Waals surface area (Å²) in [4.78, 5) is 4.71. The lowest BCUT2D eigenvalue weighted by molar-refractivity contribution is 0.484. The number of para-hydroxylation sites is 2. The minimum absolute atomic E-state index is 0.203. The van der Waals surface area contributed by atoms with E-state index in [1.54, 1.807) is 36.2 Å². The summed E-state index contributed by atoms with van der Waals surface area (Å²) in [5, 5.41) is 0.248. The summed E-state index contributed by atoms with van der Waals surface area (Å²) in [6.45, 7) is 0. The first-order valence-corrected chi connectivity index (χ1v) is 9.61. The summed E-state index contributed by atoms with van der Waals surface area (Å²) in [6, 6.07) is 12.4. The van der Waals surface area contributed by atoms with Crippen LogP contribution in [-0.2, 0) is 9.84 Å². The Morgan fingerprint density at radius 1 is 1.18 bits per heavy atom. The Hall–Kier alpha value is -1.79. The molecule has 1 unspecified atom stereocenters. The Kier molecular flexibility index (Phi) is 3.23. The molecule has 0 bridgehead atoms. The van der Waals surface area contributed by atoms with Crippen molar-refractivity contribution in [2.24, 2.45) is 4.99 Å². The summed E-state index contributed by atoms with van der Waals surface area (Å²) in [5.74, 6) is 2.43. The molecule has 4 rings (SSSR count). The third kappa shape index (κ3) is 2.64. The number of ether oxygens (including phenoxy) is 1. The van der Waals surface area contributed by atoms with Crippen LogP contribution in [0.5, 0.6) is 11.5 Å². The van der Waals surface area contributed by atoms with Crippen molar-refractivity contribution in [3.63, 3.8) is 0 Å². The van der Waals surface area contributed by atoms with Crippen molar-refractivity contribution in [2.45, 2.75) is 10.1 Å². The molecule has 2 aliphatic rings. The topological polar surface area (TPSA) is 55.7 Å². The van der Waals surface area contributed by atoms with Gasteiger partial charge < -0.3 is 4.74 Å². The Bertz CT molecular complexity index is 871. The second-order valence-electron chi connectivity index (χ2n) is 5.26. The Labute approximate surface area is 133 Å². The highest BCUT2D eigenvalue weighted by Gasteiger charge is 2.30. The number of hydrogen-bond donors (Lipinski definition) is 0. The lowest BCUT2D eigenvalue weighted by atomic mass is 10.2. The molecule has 6 heteroatoms. The van der Waals surface area contributed by atoms with Crippen LogP contribution in [0.25, 0.3) is 0 Å². The lowest BCUT2D eigenvalue weighted by Crippen LogP contribution is -2.11. The van der Waals surface area contributed by atoms with Crippen LogP contribution in [0.4, 0.5) is 5.69 Å². The van der Waals surface area contributed by atoms with E-state index in [9.17, 15) is 8.42 Å². The van der Waals surface area contributed by atoms with E-state index in [1.807, 2.05) is 24.3 Å². The van der Waals surface area contributed by atoms with Crippen molar-refractivity contribution < 1.29 is 13.2 Å². The maximum atomic E-state index is 12.4. The van der Waals surface area contributed by atoms with Crippen LogP contribution < -0.4 is 4.74 Å². The van der Waals surface area contributed by atoms with Gasteiger partial charge in [0.05, 0.1) is 10.6 Å². The molecule has 2 aliphatic heterocycles. The van der Waals surface area contributed by atoms with Crippen LogP contribution in [0, 0.1) is 0 Å². The van der Waals surface area contributed by atoms with Crippen molar-refractivity contribution in [3.05, 3.63) is 48.0 Å². The second-order valence-corrected chi connectivity index (χ2v) is 8.63. The van der Waals surface area contributed by atoms with Gasteiger partial charge in [0.15, 0.2) is 15.6 Å². The molecule has 1 fully saturated rings. The minimum Gasteiger partial charge on any atom is -0.454 e. The van der Waals surface area contributed by atoms with Gasteiger partial charge in [0.1, 0.15) is 11.4 Å². The van der Waals surface area contributed by atoms with Crippen molar-refractivity contribution in [2.75, 3.05) is 11.5 Å². The zero-order valence-electron chi connectivity index (χ0n) is 11.6. The molecule has 2 aromatic rings. The normalized spacial score (nSPS) is 18.8. The van der Waals surface area contributed by atoms with E-state index >= 15 is 0 Å². The third-order valence-electron chi connectivity index (χ3n) is 3.58. The quantitative estimate of drug-likeness (QED) is 0.690. The minimum atomic E-state index is -3.25. The first-order chi connectivity index (χ1) is 10.6. The summed E-state index contributed by atoms with van der Waals surface area (Å²) in [7, 11) is -3.25. The van der Waals surface area contributed by atoms with Crippen molar-refractivity contribution in [1.82, 2.24) is 0 Å². The largest absolute Gasteiger partial charge is 0.454 e. The van der Waals surface area contributed by atoms with Gasteiger partial charge in [-0.3, -0.25) is 4.99 Å². The third-order valence-corrected chi connectivity index (χ3v) is 6.57. The molecule has 112 valence electrons. The highest BCUT2D eigenvalue weighted by atomic mass is 32.2. The number of rotatable bonds is 3. The fourth-order valence-electron chi connectivity index (χ4n) is 2.33. The molecule has 1 atom stereocenters. The SMILES string of the molecule is O=S(=O)(CC1CS1)c1ccc2c(c1)C=Nc1ccccc1O2. The van der Waals surface area contributed by atoms with Gasteiger partial charge >= 0.3 is 0 Å². The van der Waals surface area contributed by atoms with E-state index in [4.69, 9.17) is 4.74 Å².